The number of hydrogen-bond donors (Lipinski definition) is 2. The molecule has 1 fully saturated rings. The van der Waals surface area contributed by atoms with Gasteiger partial charge in [0.05, 0.1) is 34.2 Å². The van der Waals surface area contributed by atoms with E-state index in [1.807, 2.05) is 30.5 Å². The Hall–Kier alpha value is -3.30. The lowest BCUT2D eigenvalue weighted by molar-refractivity contribution is 0.453. The molecule has 0 spiro atoms. The van der Waals surface area contributed by atoms with Crippen molar-refractivity contribution in [3.63, 3.8) is 0 Å². The van der Waals surface area contributed by atoms with Gasteiger partial charge in [-0.15, -0.1) is 5.10 Å². The molecule has 32 heavy (non-hydrogen) atoms. The number of pyridine rings is 1. The molecule has 8 nitrogen and oxygen atoms in total. The quantitative estimate of drug-likeness (QED) is 0.482. The summed E-state index contributed by atoms with van der Waals surface area (Å²) < 4.78 is 25.7. The van der Waals surface area contributed by atoms with E-state index in [2.05, 4.69) is 31.8 Å². The van der Waals surface area contributed by atoms with Gasteiger partial charge in [-0.2, -0.15) is 0 Å². The molecule has 1 saturated heterocycles. The molecule has 9 heteroatoms. The molecule has 0 saturated carbocycles. The molecular formula is C23H24N6O2S. The van der Waals surface area contributed by atoms with Crippen LogP contribution in [0.3, 0.4) is 0 Å². The molecule has 1 aromatic carbocycles. The molecule has 1 aliphatic rings. The lowest BCUT2D eigenvalue weighted by Crippen LogP contribution is -2.27. The van der Waals surface area contributed by atoms with Crippen molar-refractivity contribution in [3.8, 4) is 11.3 Å². The summed E-state index contributed by atoms with van der Waals surface area (Å²) in [7, 11) is -3.30. The van der Waals surface area contributed by atoms with Crippen molar-refractivity contribution < 1.29 is 8.42 Å². The van der Waals surface area contributed by atoms with Crippen LogP contribution in [0, 0.1) is 0 Å². The van der Waals surface area contributed by atoms with Gasteiger partial charge in [0.1, 0.15) is 0 Å². The van der Waals surface area contributed by atoms with E-state index in [4.69, 9.17) is 0 Å². The Morgan fingerprint density at radius 2 is 1.88 bits per heavy atom. The monoisotopic (exact) mass is 448 g/mol. The number of sulfone groups is 1. The van der Waals surface area contributed by atoms with Crippen molar-refractivity contribution in [1.29, 1.82) is 0 Å². The first-order valence-corrected chi connectivity index (χ1v) is 12.5. The van der Waals surface area contributed by atoms with Crippen LogP contribution in [0.15, 0.2) is 65.8 Å². The van der Waals surface area contributed by atoms with Crippen LogP contribution in [0.1, 0.15) is 24.5 Å². The number of benzene rings is 1. The first kappa shape index (κ1) is 20.6. The molecule has 4 heterocycles. The van der Waals surface area contributed by atoms with Crippen LogP contribution >= 0.6 is 0 Å². The highest BCUT2D eigenvalue weighted by Crippen LogP contribution is 2.26. The Morgan fingerprint density at radius 3 is 2.62 bits per heavy atom. The van der Waals surface area contributed by atoms with E-state index >= 15 is 0 Å². The first-order chi connectivity index (χ1) is 15.5. The van der Waals surface area contributed by atoms with Crippen molar-refractivity contribution in [2.75, 3.05) is 24.7 Å². The second-order valence-corrected chi connectivity index (χ2v) is 10.1. The van der Waals surface area contributed by atoms with Crippen molar-refractivity contribution >= 4 is 27.0 Å². The van der Waals surface area contributed by atoms with E-state index in [1.165, 1.54) is 6.26 Å². The molecule has 0 unspecified atom stereocenters. The standard InChI is InChI=1S/C23H24N6O2S/c1-32(30,31)20-4-2-3-17(13-20)22-8-6-19-15-26-23(28-29(19)22)27-18-5-7-21(25-14-18)16-9-11-24-12-10-16/h2-8,13-16,24H,9-12H2,1H3,(H,27,28). The summed E-state index contributed by atoms with van der Waals surface area (Å²) in [6.45, 7) is 2.07. The van der Waals surface area contributed by atoms with Crippen LogP contribution in [0.4, 0.5) is 11.6 Å². The molecule has 0 bridgehead atoms. The lowest BCUT2D eigenvalue weighted by Gasteiger charge is -2.22. The largest absolute Gasteiger partial charge is 0.322 e. The minimum absolute atomic E-state index is 0.275. The Kier molecular flexibility index (Phi) is 5.36. The third kappa shape index (κ3) is 4.21. The maximum absolute atomic E-state index is 11.9. The Balaban J connectivity index is 1.42. The van der Waals surface area contributed by atoms with E-state index in [-0.39, 0.29) is 4.90 Å². The second kappa shape index (κ2) is 8.33. The van der Waals surface area contributed by atoms with Crippen molar-refractivity contribution in [3.05, 3.63) is 66.6 Å². The Labute approximate surface area is 186 Å². The molecule has 0 atom stereocenters. The van der Waals surface area contributed by atoms with Crippen LogP contribution in [0.25, 0.3) is 16.8 Å². The summed E-state index contributed by atoms with van der Waals surface area (Å²) in [6, 6.07) is 14.7. The topological polar surface area (TPSA) is 101 Å². The molecule has 164 valence electrons. The van der Waals surface area contributed by atoms with Gasteiger partial charge in [0, 0.05) is 23.4 Å². The van der Waals surface area contributed by atoms with Crippen LogP contribution in [0.2, 0.25) is 0 Å². The van der Waals surface area contributed by atoms with Gasteiger partial charge in [0.15, 0.2) is 9.84 Å². The fraction of sp³-hybridized carbons (Fsp3) is 0.261. The van der Waals surface area contributed by atoms with Crippen LogP contribution < -0.4 is 10.6 Å². The fourth-order valence-corrected chi connectivity index (χ4v) is 4.70. The van der Waals surface area contributed by atoms with E-state index in [0.29, 0.717) is 11.9 Å². The average Bonchev–Trinajstić information content (AvgIpc) is 3.23. The Bertz CT molecular complexity index is 1360. The minimum Gasteiger partial charge on any atom is -0.322 e. The SMILES string of the molecule is CS(=O)(=O)c1cccc(-c2ccc3cnc(Nc4ccc(C5CCNCC5)nc4)nn23)c1. The summed E-state index contributed by atoms with van der Waals surface area (Å²) in [5.74, 6) is 0.939. The van der Waals surface area contributed by atoms with E-state index < -0.39 is 9.84 Å². The molecule has 4 aromatic rings. The second-order valence-electron chi connectivity index (χ2n) is 8.06. The van der Waals surface area contributed by atoms with Crippen molar-refractivity contribution in [2.45, 2.75) is 23.7 Å². The number of hydrogen-bond acceptors (Lipinski definition) is 7. The number of rotatable bonds is 5. The molecule has 5 rings (SSSR count). The summed E-state index contributed by atoms with van der Waals surface area (Å²) in [4.78, 5) is 9.32. The number of nitrogens with one attached hydrogen (secondary N) is 2. The van der Waals surface area contributed by atoms with E-state index in [9.17, 15) is 8.42 Å². The van der Waals surface area contributed by atoms with Crippen molar-refractivity contribution in [1.82, 2.24) is 24.9 Å². The fourth-order valence-electron chi connectivity index (χ4n) is 4.03. The number of anilines is 2. The normalized spacial score (nSPS) is 15.2. The van der Waals surface area contributed by atoms with Gasteiger partial charge >= 0.3 is 0 Å². The first-order valence-electron chi connectivity index (χ1n) is 10.6. The lowest BCUT2D eigenvalue weighted by atomic mass is 9.94. The van der Waals surface area contributed by atoms with Gasteiger partial charge in [-0.3, -0.25) is 4.98 Å². The predicted molar refractivity (Wildman–Crippen MR) is 124 cm³/mol. The average molecular weight is 449 g/mol. The molecular weight excluding hydrogens is 424 g/mol. The Morgan fingerprint density at radius 1 is 1.03 bits per heavy atom. The number of nitrogens with zero attached hydrogens (tertiary/aromatic N) is 4. The van der Waals surface area contributed by atoms with Crippen molar-refractivity contribution in [2.24, 2.45) is 0 Å². The van der Waals surface area contributed by atoms with Gasteiger partial charge in [0.25, 0.3) is 0 Å². The van der Waals surface area contributed by atoms with Gasteiger partial charge in [-0.05, 0) is 62.3 Å². The summed E-state index contributed by atoms with van der Waals surface area (Å²) >= 11 is 0. The molecule has 0 amide bonds. The minimum atomic E-state index is -3.30. The van der Waals surface area contributed by atoms with Crippen LogP contribution in [-0.2, 0) is 9.84 Å². The predicted octanol–water partition coefficient (Wildman–Crippen LogP) is 3.41. The zero-order valence-corrected chi connectivity index (χ0v) is 18.5. The number of piperidine rings is 1. The van der Waals surface area contributed by atoms with Gasteiger partial charge < -0.3 is 10.6 Å². The number of fused-ring (bicyclic) bond motifs is 1. The molecule has 0 aliphatic carbocycles. The number of aromatic nitrogens is 4. The van der Waals surface area contributed by atoms with Gasteiger partial charge in [-0.25, -0.2) is 17.9 Å². The van der Waals surface area contributed by atoms with Crippen LogP contribution in [0.5, 0.6) is 0 Å². The zero-order chi connectivity index (χ0) is 22.1. The summed E-state index contributed by atoms with van der Waals surface area (Å²) in [5.41, 5.74) is 4.30. The zero-order valence-electron chi connectivity index (χ0n) is 17.7. The molecule has 1 aliphatic heterocycles. The van der Waals surface area contributed by atoms with E-state index in [1.54, 1.807) is 28.9 Å². The summed E-state index contributed by atoms with van der Waals surface area (Å²) in [5, 5.41) is 11.2. The third-order valence-corrected chi connectivity index (χ3v) is 6.87. The maximum Gasteiger partial charge on any atom is 0.245 e. The van der Waals surface area contributed by atoms with Gasteiger partial charge in [0.2, 0.25) is 5.95 Å². The molecule has 3 aromatic heterocycles. The van der Waals surface area contributed by atoms with Gasteiger partial charge in [-0.1, -0.05) is 12.1 Å². The smallest absolute Gasteiger partial charge is 0.245 e. The van der Waals surface area contributed by atoms with Crippen LogP contribution in [-0.4, -0.2) is 47.3 Å². The molecule has 0 radical (unpaired) electrons. The third-order valence-electron chi connectivity index (χ3n) is 5.76. The molecule has 2 N–H and O–H groups in total. The van der Waals surface area contributed by atoms with E-state index in [0.717, 1.165) is 54.1 Å². The highest BCUT2D eigenvalue weighted by Gasteiger charge is 2.16. The highest BCUT2D eigenvalue weighted by molar-refractivity contribution is 7.90. The highest BCUT2D eigenvalue weighted by atomic mass is 32.2. The summed E-state index contributed by atoms with van der Waals surface area (Å²) in [6.07, 6.45) is 6.97. The maximum atomic E-state index is 11.9.